The normalized spacial score (nSPS) is 18.8. The van der Waals surface area contributed by atoms with Crippen LogP contribution in [0.15, 0.2) is 53.7 Å². The SMILES string of the molecule is Cc1ccc(N2CC3=C(C2=O)[C@@H](c2cccc([N+](=O)[O-])c2)NC(=O)N3C)cc1C. The monoisotopic (exact) mass is 392 g/mol. The minimum absolute atomic E-state index is 0.0886. The Bertz CT molecular complexity index is 1090. The molecule has 0 aliphatic carbocycles. The Morgan fingerprint density at radius 3 is 2.55 bits per heavy atom. The summed E-state index contributed by atoms with van der Waals surface area (Å²) in [6.07, 6.45) is 0. The highest BCUT2D eigenvalue weighted by Gasteiger charge is 2.43. The van der Waals surface area contributed by atoms with Crippen molar-refractivity contribution in [2.45, 2.75) is 19.9 Å². The molecule has 0 unspecified atom stereocenters. The molecule has 29 heavy (non-hydrogen) atoms. The average molecular weight is 392 g/mol. The van der Waals surface area contributed by atoms with Crippen molar-refractivity contribution >= 4 is 23.3 Å². The second-order valence-corrected chi connectivity index (χ2v) is 7.31. The molecule has 0 aromatic heterocycles. The maximum atomic E-state index is 13.3. The number of nitrogens with zero attached hydrogens (tertiary/aromatic N) is 3. The Morgan fingerprint density at radius 1 is 1.10 bits per heavy atom. The third-order valence-corrected chi connectivity index (χ3v) is 5.58. The molecule has 8 nitrogen and oxygen atoms in total. The fraction of sp³-hybridized carbons (Fsp3) is 0.238. The number of urea groups is 1. The van der Waals surface area contributed by atoms with Gasteiger partial charge < -0.3 is 10.2 Å². The number of aryl methyl sites for hydroxylation is 2. The van der Waals surface area contributed by atoms with Gasteiger partial charge in [0, 0.05) is 24.9 Å². The number of benzene rings is 2. The van der Waals surface area contributed by atoms with E-state index in [9.17, 15) is 19.7 Å². The molecule has 0 spiro atoms. The van der Waals surface area contributed by atoms with Crippen molar-refractivity contribution < 1.29 is 14.5 Å². The van der Waals surface area contributed by atoms with Crippen LogP contribution in [0.4, 0.5) is 16.2 Å². The van der Waals surface area contributed by atoms with Crippen LogP contribution in [0, 0.1) is 24.0 Å². The van der Waals surface area contributed by atoms with Crippen LogP contribution in [0.25, 0.3) is 0 Å². The Balaban J connectivity index is 1.77. The summed E-state index contributed by atoms with van der Waals surface area (Å²) >= 11 is 0. The van der Waals surface area contributed by atoms with Gasteiger partial charge in [0.25, 0.3) is 11.6 Å². The molecule has 3 amide bonds. The smallest absolute Gasteiger partial charge is 0.322 e. The highest BCUT2D eigenvalue weighted by Crippen LogP contribution is 2.38. The van der Waals surface area contributed by atoms with Crippen LogP contribution in [0.1, 0.15) is 22.7 Å². The van der Waals surface area contributed by atoms with Gasteiger partial charge in [0.2, 0.25) is 0 Å². The quantitative estimate of drug-likeness (QED) is 0.641. The van der Waals surface area contributed by atoms with E-state index in [4.69, 9.17) is 0 Å². The van der Waals surface area contributed by atoms with Gasteiger partial charge in [-0.15, -0.1) is 0 Å². The van der Waals surface area contributed by atoms with Crippen molar-refractivity contribution in [3.8, 4) is 0 Å². The number of hydrogen-bond donors (Lipinski definition) is 1. The molecule has 8 heteroatoms. The lowest BCUT2D eigenvalue weighted by atomic mass is 9.95. The van der Waals surface area contributed by atoms with Crippen LogP contribution in [0.3, 0.4) is 0 Å². The summed E-state index contributed by atoms with van der Waals surface area (Å²) < 4.78 is 0. The Morgan fingerprint density at radius 2 is 1.86 bits per heavy atom. The minimum Gasteiger partial charge on any atom is -0.327 e. The summed E-state index contributed by atoms with van der Waals surface area (Å²) in [6, 6.07) is 10.7. The fourth-order valence-corrected chi connectivity index (χ4v) is 3.74. The number of nitrogens with one attached hydrogen (secondary N) is 1. The fourth-order valence-electron chi connectivity index (χ4n) is 3.74. The maximum Gasteiger partial charge on any atom is 0.322 e. The molecule has 2 aliphatic heterocycles. The second kappa shape index (κ2) is 6.73. The number of non-ortho nitro benzene ring substituents is 1. The van der Waals surface area contributed by atoms with Gasteiger partial charge in [0.05, 0.1) is 28.8 Å². The zero-order valence-electron chi connectivity index (χ0n) is 16.3. The molecule has 0 saturated heterocycles. The van der Waals surface area contributed by atoms with Gasteiger partial charge in [0.15, 0.2) is 0 Å². The molecule has 0 saturated carbocycles. The topological polar surface area (TPSA) is 95.8 Å². The number of rotatable bonds is 3. The summed E-state index contributed by atoms with van der Waals surface area (Å²) in [5.41, 5.74) is 4.41. The van der Waals surface area contributed by atoms with E-state index in [1.54, 1.807) is 24.1 Å². The summed E-state index contributed by atoms with van der Waals surface area (Å²) in [5, 5.41) is 14.0. The number of anilines is 1. The van der Waals surface area contributed by atoms with Crippen molar-refractivity contribution in [1.29, 1.82) is 0 Å². The summed E-state index contributed by atoms with van der Waals surface area (Å²) in [6.45, 7) is 4.25. The van der Waals surface area contributed by atoms with Gasteiger partial charge >= 0.3 is 6.03 Å². The van der Waals surface area contributed by atoms with Gasteiger partial charge in [-0.05, 0) is 42.7 Å². The first kappa shape index (κ1) is 18.7. The first-order valence-corrected chi connectivity index (χ1v) is 9.18. The number of nitro benzene ring substituents is 1. The van der Waals surface area contributed by atoms with Crippen molar-refractivity contribution in [2.24, 2.45) is 0 Å². The average Bonchev–Trinajstić information content (AvgIpc) is 3.04. The number of amides is 3. The van der Waals surface area contributed by atoms with Crippen molar-refractivity contribution in [3.05, 3.63) is 80.5 Å². The molecular formula is C21H20N4O4. The third-order valence-electron chi connectivity index (χ3n) is 5.58. The lowest BCUT2D eigenvalue weighted by Crippen LogP contribution is -2.45. The van der Waals surface area contributed by atoms with E-state index < -0.39 is 11.0 Å². The lowest BCUT2D eigenvalue weighted by Gasteiger charge is -2.30. The van der Waals surface area contributed by atoms with Crippen LogP contribution >= 0.6 is 0 Å². The molecule has 0 radical (unpaired) electrons. The number of nitro groups is 1. The molecule has 1 N–H and O–H groups in total. The number of likely N-dealkylation sites (N-methyl/N-ethyl adjacent to an activating group) is 1. The van der Waals surface area contributed by atoms with Crippen molar-refractivity contribution in [3.63, 3.8) is 0 Å². The van der Waals surface area contributed by atoms with E-state index in [-0.39, 0.29) is 24.2 Å². The van der Waals surface area contributed by atoms with E-state index in [0.29, 0.717) is 16.8 Å². The Kier molecular flexibility index (Phi) is 4.34. The maximum absolute atomic E-state index is 13.3. The molecular weight excluding hydrogens is 372 g/mol. The zero-order chi connectivity index (χ0) is 20.9. The highest BCUT2D eigenvalue weighted by molar-refractivity contribution is 6.11. The van der Waals surface area contributed by atoms with E-state index in [0.717, 1.165) is 16.8 Å². The van der Waals surface area contributed by atoms with Crippen LogP contribution in [-0.4, -0.2) is 35.4 Å². The molecule has 0 fully saturated rings. The highest BCUT2D eigenvalue weighted by atomic mass is 16.6. The summed E-state index contributed by atoms with van der Waals surface area (Å²) in [5.74, 6) is -0.216. The van der Waals surface area contributed by atoms with Crippen molar-refractivity contribution in [1.82, 2.24) is 10.2 Å². The number of hydrogen-bond acceptors (Lipinski definition) is 4. The van der Waals surface area contributed by atoms with E-state index in [1.807, 2.05) is 32.0 Å². The molecule has 0 bridgehead atoms. The van der Waals surface area contributed by atoms with Crippen molar-refractivity contribution in [2.75, 3.05) is 18.5 Å². The van der Waals surface area contributed by atoms with Crippen LogP contribution in [0.2, 0.25) is 0 Å². The number of carbonyl (C=O) groups is 2. The second-order valence-electron chi connectivity index (χ2n) is 7.31. The third kappa shape index (κ3) is 3.02. The molecule has 2 aromatic carbocycles. The van der Waals surface area contributed by atoms with E-state index in [2.05, 4.69) is 5.32 Å². The predicted molar refractivity (Wildman–Crippen MR) is 107 cm³/mol. The zero-order valence-corrected chi connectivity index (χ0v) is 16.3. The van der Waals surface area contributed by atoms with Gasteiger partial charge in [-0.3, -0.25) is 19.8 Å². The van der Waals surface area contributed by atoms with Crippen LogP contribution in [-0.2, 0) is 4.79 Å². The largest absolute Gasteiger partial charge is 0.327 e. The number of carbonyl (C=O) groups excluding carboxylic acids is 2. The molecule has 4 rings (SSSR count). The first-order valence-electron chi connectivity index (χ1n) is 9.18. The molecule has 148 valence electrons. The summed E-state index contributed by atoms with van der Waals surface area (Å²) in [7, 11) is 1.62. The Labute approximate surface area is 167 Å². The Hall–Kier alpha value is -3.68. The molecule has 2 heterocycles. The standard InChI is InChI=1S/C21H20N4O4/c1-12-7-8-15(9-13(12)2)24-11-17-18(20(24)26)19(22-21(27)23(17)3)14-5-4-6-16(10-14)25(28)29/h4-10,19H,11H2,1-3H3,(H,22,27)/t19-/m1/s1. The van der Waals surface area contributed by atoms with E-state index in [1.165, 1.54) is 17.0 Å². The molecule has 2 aliphatic rings. The van der Waals surface area contributed by atoms with Gasteiger partial charge in [-0.1, -0.05) is 18.2 Å². The van der Waals surface area contributed by atoms with E-state index >= 15 is 0 Å². The van der Waals surface area contributed by atoms with Gasteiger partial charge in [0.1, 0.15) is 0 Å². The summed E-state index contributed by atoms with van der Waals surface area (Å²) in [4.78, 5) is 39.6. The van der Waals surface area contributed by atoms with Gasteiger partial charge in [-0.2, -0.15) is 0 Å². The van der Waals surface area contributed by atoms with Gasteiger partial charge in [-0.25, -0.2) is 4.79 Å². The lowest BCUT2D eigenvalue weighted by molar-refractivity contribution is -0.384. The van der Waals surface area contributed by atoms with Crippen LogP contribution < -0.4 is 10.2 Å². The minimum atomic E-state index is -0.738. The molecule has 1 atom stereocenters. The van der Waals surface area contributed by atoms with Crippen LogP contribution in [0.5, 0.6) is 0 Å². The molecule has 2 aromatic rings. The predicted octanol–water partition coefficient (Wildman–Crippen LogP) is 3.21. The first-order chi connectivity index (χ1) is 13.8.